The lowest BCUT2D eigenvalue weighted by atomic mass is 10.2. The maximum absolute atomic E-state index is 12.0. The van der Waals surface area contributed by atoms with E-state index in [1.54, 1.807) is 25.1 Å². The number of aromatic amines is 1. The lowest BCUT2D eigenvalue weighted by molar-refractivity contribution is -0.120. The van der Waals surface area contributed by atoms with Crippen LogP contribution in [-0.4, -0.2) is 15.9 Å². The normalized spacial score (nSPS) is 10.6. The summed E-state index contributed by atoms with van der Waals surface area (Å²) in [6, 6.07) is 10.9. The van der Waals surface area contributed by atoms with E-state index in [1.165, 1.54) is 6.20 Å². The molecule has 3 aromatic rings. The third-order valence-corrected chi connectivity index (χ3v) is 3.82. The minimum Gasteiger partial charge on any atom is -0.459 e. The number of halogens is 1. The number of hydrogen-bond donors (Lipinski definition) is 2. The van der Waals surface area contributed by atoms with Gasteiger partial charge >= 0.3 is 0 Å². The molecule has 2 heterocycles. The Morgan fingerprint density at radius 1 is 1.32 bits per heavy atom. The number of furan rings is 1. The van der Waals surface area contributed by atoms with Crippen LogP contribution in [0.4, 0.5) is 0 Å². The molecule has 3 rings (SSSR count). The molecule has 0 aliphatic heterocycles. The van der Waals surface area contributed by atoms with Crippen LogP contribution >= 0.6 is 11.6 Å². The van der Waals surface area contributed by atoms with Crippen molar-refractivity contribution in [2.24, 2.45) is 0 Å². The Bertz CT molecular complexity index is 962. The quantitative estimate of drug-likeness (QED) is 0.735. The van der Waals surface area contributed by atoms with E-state index in [1.807, 2.05) is 18.2 Å². The van der Waals surface area contributed by atoms with Gasteiger partial charge in [-0.2, -0.15) is 0 Å². The fourth-order valence-electron chi connectivity index (χ4n) is 2.33. The molecule has 7 heteroatoms. The number of benzene rings is 1. The summed E-state index contributed by atoms with van der Waals surface area (Å²) in [6.45, 7) is 1.91. The average molecular weight is 358 g/mol. The van der Waals surface area contributed by atoms with Gasteiger partial charge in [-0.1, -0.05) is 23.7 Å². The van der Waals surface area contributed by atoms with Crippen molar-refractivity contribution in [3.8, 4) is 11.3 Å². The second-order valence-electron chi connectivity index (χ2n) is 5.55. The number of amides is 1. The van der Waals surface area contributed by atoms with Gasteiger partial charge in [-0.25, -0.2) is 4.98 Å². The molecule has 128 valence electrons. The van der Waals surface area contributed by atoms with Gasteiger partial charge in [-0.3, -0.25) is 9.59 Å². The molecule has 0 bridgehead atoms. The molecule has 0 aliphatic carbocycles. The van der Waals surface area contributed by atoms with E-state index in [0.717, 1.165) is 5.56 Å². The van der Waals surface area contributed by atoms with Crippen LogP contribution < -0.4 is 10.9 Å². The lowest BCUT2D eigenvalue weighted by Crippen LogP contribution is -2.27. The fourth-order valence-corrected chi connectivity index (χ4v) is 2.52. The standard InChI is InChI=1S/C18H16ClN3O3/c1-11-20-9-13(18(24)22-11)8-17(23)21-10-15-5-6-16(25-15)12-3-2-4-14(19)7-12/h2-7,9H,8,10H2,1H3,(H,21,23)(H,20,22,24). The highest BCUT2D eigenvalue weighted by Crippen LogP contribution is 2.24. The van der Waals surface area contributed by atoms with E-state index in [2.05, 4.69) is 15.3 Å². The molecule has 0 spiro atoms. The molecule has 0 radical (unpaired) electrons. The Morgan fingerprint density at radius 3 is 2.92 bits per heavy atom. The Labute approximate surface area is 148 Å². The van der Waals surface area contributed by atoms with Crippen LogP contribution in [0.25, 0.3) is 11.3 Å². The summed E-state index contributed by atoms with van der Waals surface area (Å²) in [7, 11) is 0. The number of H-pyrrole nitrogens is 1. The third kappa shape index (κ3) is 4.36. The minimum atomic E-state index is -0.302. The summed E-state index contributed by atoms with van der Waals surface area (Å²) in [5.74, 6) is 1.51. The molecule has 0 aliphatic rings. The van der Waals surface area contributed by atoms with Gasteiger partial charge in [-0.05, 0) is 31.2 Å². The molecule has 0 unspecified atom stereocenters. The first-order valence-electron chi connectivity index (χ1n) is 7.67. The SMILES string of the molecule is Cc1ncc(CC(=O)NCc2ccc(-c3cccc(Cl)c3)o2)c(=O)[nH]1. The summed E-state index contributed by atoms with van der Waals surface area (Å²) in [5, 5.41) is 3.35. The summed E-state index contributed by atoms with van der Waals surface area (Å²) in [4.78, 5) is 30.3. The Balaban J connectivity index is 1.60. The van der Waals surface area contributed by atoms with E-state index in [-0.39, 0.29) is 24.4 Å². The number of nitrogens with zero attached hydrogens (tertiary/aromatic N) is 1. The van der Waals surface area contributed by atoms with Crippen molar-refractivity contribution in [3.63, 3.8) is 0 Å². The van der Waals surface area contributed by atoms with Crippen molar-refractivity contribution < 1.29 is 9.21 Å². The molecule has 1 amide bonds. The monoisotopic (exact) mass is 357 g/mol. The maximum Gasteiger partial charge on any atom is 0.254 e. The second-order valence-corrected chi connectivity index (χ2v) is 5.99. The molecular weight excluding hydrogens is 342 g/mol. The first kappa shape index (κ1) is 17.0. The number of nitrogens with one attached hydrogen (secondary N) is 2. The highest BCUT2D eigenvalue weighted by molar-refractivity contribution is 6.30. The molecule has 0 fully saturated rings. The van der Waals surface area contributed by atoms with Crippen LogP contribution in [0, 0.1) is 6.92 Å². The Kier molecular flexibility index (Phi) is 5.00. The van der Waals surface area contributed by atoms with E-state index in [0.29, 0.717) is 27.9 Å². The van der Waals surface area contributed by atoms with Crippen molar-refractivity contribution in [2.45, 2.75) is 19.9 Å². The van der Waals surface area contributed by atoms with Crippen LogP contribution in [0.15, 0.2) is 51.8 Å². The molecule has 2 N–H and O–H groups in total. The number of carbonyl (C=O) groups excluding carboxylic acids is 1. The first-order valence-corrected chi connectivity index (χ1v) is 8.05. The van der Waals surface area contributed by atoms with E-state index in [9.17, 15) is 9.59 Å². The van der Waals surface area contributed by atoms with Crippen LogP contribution in [0.1, 0.15) is 17.1 Å². The number of rotatable bonds is 5. The van der Waals surface area contributed by atoms with Gasteiger partial charge in [0, 0.05) is 22.3 Å². The van der Waals surface area contributed by atoms with Gasteiger partial charge in [0.15, 0.2) is 0 Å². The van der Waals surface area contributed by atoms with Crippen molar-refractivity contribution in [3.05, 3.63) is 75.1 Å². The van der Waals surface area contributed by atoms with E-state index >= 15 is 0 Å². The van der Waals surface area contributed by atoms with Crippen molar-refractivity contribution in [1.29, 1.82) is 0 Å². The number of hydrogen-bond acceptors (Lipinski definition) is 4. The topological polar surface area (TPSA) is 88.0 Å². The van der Waals surface area contributed by atoms with Crippen molar-refractivity contribution in [2.75, 3.05) is 0 Å². The average Bonchev–Trinajstić information content (AvgIpc) is 3.05. The van der Waals surface area contributed by atoms with Gasteiger partial charge in [0.1, 0.15) is 17.3 Å². The van der Waals surface area contributed by atoms with Crippen LogP contribution in [0.5, 0.6) is 0 Å². The van der Waals surface area contributed by atoms with Gasteiger partial charge in [-0.15, -0.1) is 0 Å². The van der Waals surface area contributed by atoms with Crippen LogP contribution in [0.2, 0.25) is 5.02 Å². The summed E-state index contributed by atoms with van der Waals surface area (Å²) in [6.07, 6.45) is 1.38. The van der Waals surface area contributed by atoms with Gasteiger partial charge in [0.25, 0.3) is 5.56 Å². The van der Waals surface area contributed by atoms with Crippen LogP contribution in [0.3, 0.4) is 0 Å². The van der Waals surface area contributed by atoms with Gasteiger partial charge < -0.3 is 14.7 Å². The smallest absolute Gasteiger partial charge is 0.254 e. The maximum atomic E-state index is 12.0. The molecule has 6 nitrogen and oxygen atoms in total. The Hall–Kier alpha value is -2.86. The van der Waals surface area contributed by atoms with Gasteiger partial charge in [0.2, 0.25) is 5.91 Å². The lowest BCUT2D eigenvalue weighted by Gasteiger charge is -2.03. The molecular formula is C18H16ClN3O3. The van der Waals surface area contributed by atoms with Crippen molar-refractivity contribution >= 4 is 17.5 Å². The minimum absolute atomic E-state index is 0.0372. The zero-order valence-corrected chi connectivity index (χ0v) is 14.3. The highest BCUT2D eigenvalue weighted by Gasteiger charge is 2.10. The summed E-state index contributed by atoms with van der Waals surface area (Å²) >= 11 is 5.97. The van der Waals surface area contributed by atoms with Crippen molar-refractivity contribution in [1.82, 2.24) is 15.3 Å². The third-order valence-electron chi connectivity index (χ3n) is 3.58. The van der Waals surface area contributed by atoms with Crippen LogP contribution in [-0.2, 0) is 17.8 Å². The molecule has 0 saturated heterocycles. The van der Waals surface area contributed by atoms with Gasteiger partial charge in [0.05, 0.1) is 13.0 Å². The molecule has 0 saturated carbocycles. The fraction of sp³-hybridized carbons (Fsp3) is 0.167. The van der Waals surface area contributed by atoms with E-state index < -0.39 is 0 Å². The molecule has 0 atom stereocenters. The Morgan fingerprint density at radius 2 is 2.16 bits per heavy atom. The zero-order valence-electron chi connectivity index (χ0n) is 13.5. The molecule has 25 heavy (non-hydrogen) atoms. The predicted octanol–water partition coefficient (Wildman–Crippen LogP) is 2.85. The first-order chi connectivity index (χ1) is 12.0. The largest absolute Gasteiger partial charge is 0.459 e. The zero-order chi connectivity index (χ0) is 17.8. The number of aromatic nitrogens is 2. The second kappa shape index (κ2) is 7.36. The highest BCUT2D eigenvalue weighted by atomic mass is 35.5. The predicted molar refractivity (Wildman–Crippen MR) is 94.3 cm³/mol. The number of carbonyl (C=O) groups is 1. The van der Waals surface area contributed by atoms with E-state index in [4.69, 9.17) is 16.0 Å². The number of aryl methyl sites for hydroxylation is 1. The summed E-state index contributed by atoms with van der Waals surface area (Å²) in [5.41, 5.74) is 0.883. The molecule has 2 aromatic heterocycles. The molecule has 1 aromatic carbocycles. The summed E-state index contributed by atoms with van der Waals surface area (Å²) < 4.78 is 5.71.